The molecule has 1 fully saturated rings. The third-order valence-corrected chi connectivity index (χ3v) is 4.75. The van der Waals surface area contributed by atoms with E-state index in [1.165, 1.54) is 12.3 Å². The van der Waals surface area contributed by atoms with Crippen LogP contribution in [0.5, 0.6) is 0 Å². The summed E-state index contributed by atoms with van der Waals surface area (Å²) in [5.41, 5.74) is 0.418. The third-order valence-electron chi connectivity index (χ3n) is 4.40. The Morgan fingerprint density at radius 3 is 2.73 bits per heavy atom. The van der Waals surface area contributed by atoms with Crippen LogP contribution in [0.4, 0.5) is 8.78 Å². The number of amides is 1. The van der Waals surface area contributed by atoms with E-state index in [9.17, 15) is 23.2 Å². The minimum atomic E-state index is -3.40. The van der Waals surface area contributed by atoms with Crippen LogP contribution >= 0.6 is 11.6 Å². The van der Waals surface area contributed by atoms with Gasteiger partial charge in [-0.3, -0.25) is 19.4 Å². The van der Waals surface area contributed by atoms with Gasteiger partial charge in [0.1, 0.15) is 16.4 Å². The molecular formula is C17H16ClF2N3O3. The molecular weight excluding hydrogens is 368 g/mol. The van der Waals surface area contributed by atoms with Gasteiger partial charge in [0.25, 0.3) is 5.91 Å². The van der Waals surface area contributed by atoms with E-state index in [2.05, 4.69) is 10.3 Å². The Bertz CT molecular complexity index is 814. The van der Waals surface area contributed by atoms with Gasteiger partial charge in [0.2, 0.25) is 11.6 Å². The van der Waals surface area contributed by atoms with Crippen molar-refractivity contribution < 1.29 is 23.2 Å². The summed E-state index contributed by atoms with van der Waals surface area (Å²) in [5.74, 6) is -5.44. The zero-order valence-corrected chi connectivity index (χ0v) is 14.6. The lowest BCUT2D eigenvalue weighted by molar-refractivity contribution is -0.143. The number of pyridine rings is 1. The molecule has 1 aromatic heterocycles. The molecule has 1 amide bonds. The van der Waals surface area contributed by atoms with Crippen LogP contribution in [0.15, 0.2) is 29.1 Å². The standard InChI is InChI=1S/C17H16ClF2N3O3/c1-17(19,20)16(26)22-6-4-9-7-23(8-9)13-11(18)15(25)12-10(14(13)24)3-2-5-21-12/h2-3,5,9H,4,6-8H2,1H3,(H,22,26). The van der Waals surface area contributed by atoms with E-state index >= 15 is 0 Å². The summed E-state index contributed by atoms with van der Waals surface area (Å²) in [6.45, 7) is 1.57. The number of nitrogens with zero attached hydrogens (tertiary/aromatic N) is 2. The number of allylic oxidation sites excluding steroid dienone is 2. The van der Waals surface area contributed by atoms with Crippen LogP contribution in [0.1, 0.15) is 34.2 Å². The van der Waals surface area contributed by atoms with Crippen molar-refractivity contribution >= 4 is 29.1 Å². The normalized spacial score (nSPS) is 17.9. The summed E-state index contributed by atoms with van der Waals surface area (Å²) in [6, 6.07) is 3.11. The Kier molecular flexibility index (Phi) is 4.79. The molecule has 0 aromatic carbocycles. The summed E-state index contributed by atoms with van der Waals surface area (Å²) in [4.78, 5) is 41.6. The minimum absolute atomic E-state index is 0.0477. The minimum Gasteiger partial charge on any atom is -0.366 e. The van der Waals surface area contributed by atoms with Crippen molar-refractivity contribution in [2.45, 2.75) is 19.3 Å². The van der Waals surface area contributed by atoms with E-state index in [0.717, 1.165) is 0 Å². The van der Waals surface area contributed by atoms with Gasteiger partial charge >= 0.3 is 5.92 Å². The molecule has 1 N–H and O–H groups in total. The van der Waals surface area contributed by atoms with Crippen LogP contribution in [0.2, 0.25) is 0 Å². The third kappa shape index (κ3) is 3.33. The van der Waals surface area contributed by atoms with Crippen molar-refractivity contribution in [1.29, 1.82) is 0 Å². The molecule has 0 bridgehead atoms. The Morgan fingerprint density at radius 1 is 1.38 bits per heavy atom. The second-order valence-corrected chi connectivity index (χ2v) is 6.80. The Balaban J connectivity index is 1.59. The van der Waals surface area contributed by atoms with Crippen molar-refractivity contribution in [2.75, 3.05) is 19.6 Å². The number of carbonyl (C=O) groups is 3. The zero-order chi connectivity index (χ0) is 19.1. The summed E-state index contributed by atoms with van der Waals surface area (Å²) in [6.07, 6.45) is 1.91. The Hall–Kier alpha value is -2.35. The number of carbonyl (C=O) groups excluding carboxylic acids is 3. The number of likely N-dealkylation sites (tertiary alicyclic amines) is 1. The molecule has 0 saturated carbocycles. The molecule has 0 spiro atoms. The number of hydrogen-bond donors (Lipinski definition) is 1. The molecule has 1 saturated heterocycles. The van der Waals surface area contributed by atoms with Crippen LogP contribution in [0.3, 0.4) is 0 Å². The summed E-state index contributed by atoms with van der Waals surface area (Å²) >= 11 is 6.09. The first-order valence-corrected chi connectivity index (χ1v) is 8.43. The van der Waals surface area contributed by atoms with Gasteiger partial charge in [-0.05, 0) is 24.5 Å². The molecule has 2 heterocycles. The predicted molar refractivity (Wildman–Crippen MR) is 89.1 cm³/mol. The lowest BCUT2D eigenvalue weighted by Gasteiger charge is -2.43. The van der Waals surface area contributed by atoms with Crippen LogP contribution < -0.4 is 5.32 Å². The van der Waals surface area contributed by atoms with Crippen molar-refractivity contribution in [1.82, 2.24) is 15.2 Å². The summed E-state index contributed by atoms with van der Waals surface area (Å²) in [7, 11) is 0. The van der Waals surface area contributed by atoms with Gasteiger partial charge < -0.3 is 10.2 Å². The second-order valence-electron chi connectivity index (χ2n) is 6.42. The highest BCUT2D eigenvalue weighted by molar-refractivity contribution is 6.49. The molecule has 0 unspecified atom stereocenters. The van der Waals surface area contributed by atoms with E-state index in [0.29, 0.717) is 26.4 Å². The van der Waals surface area contributed by atoms with Gasteiger partial charge in [-0.15, -0.1) is 0 Å². The molecule has 3 rings (SSSR count). The van der Waals surface area contributed by atoms with Crippen LogP contribution in [-0.2, 0) is 4.79 Å². The highest BCUT2D eigenvalue weighted by atomic mass is 35.5. The number of halogens is 3. The van der Waals surface area contributed by atoms with Gasteiger partial charge in [0, 0.05) is 32.8 Å². The van der Waals surface area contributed by atoms with Gasteiger partial charge in [0.15, 0.2) is 0 Å². The second kappa shape index (κ2) is 6.75. The number of alkyl halides is 2. The van der Waals surface area contributed by atoms with E-state index in [4.69, 9.17) is 11.6 Å². The number of aromatic nitrogens is 1. The number of ketones is 2. The topological polar surface area (TPSA) is 79.4 Å². The SMILES string of the molecule is CC(F)(F)C(=O)NCCC1CN(C2=C(Cl)C(=O)c3ncccc3C2=O)C1. The maximum Gasteiger partial charge on any atom is 0.321 e. The van der Waals surface area contributed by atoms with Crippen molar-refractivity contribution in [2.24, 2.45) is 5.92 Å². The molecule has 1 aliphatic heterocycles. The van der Waals surface area contributed by atoms with Crippen LogP contribution in [0, 0.1) is 5.92 Å². The molecule has 1 aromatic rings. The first-order chi connectivity index (χ1) is 12.2. The van der Waals surface area contributed by atoms with Gasteiger partial charge in [-0.25, -0.2) is 0 Å². The lowest BCUT2D eigenvalue weighted by atomic mass is 9.90. The number of Topliss-reactive ketones (excluding diaryl/α,β-unsaturated/α-hetero) is 2. The molecule has 138 valence electrons. The largest absolute Gasteiger partial charge is 0.366 e. The maximum absolute atomic E-state index is 12.8. The van der Waals surface area contributed by atoms with E-state index < -0.39 is 17.6 Å². The summed E-state index contributed by atoms with van der Waals surface area (Å²) < 4.78 is 25.5. The fourth-order valence-corrected chi connectivity index (χ4v) is 3.27. The highest BCUT2D eigenvalue weighted by Gasteiger charge is 2.40. The Labute approximate surface area is 153 Å². The lowest BCUT2D eigenvalue weighted by Crippen LogP contribution is -2.50. The van der Waals surface area contributed by atoms with Crippen LogP contribution in [0.25, 0.3) is 0 Å². The van der Waals surface area contributed by atoms with E-state index in [1.807, 2.05) is 0 Å². The molecule has 9 heteroatoms. The first-order valence-electron chi connectivity index (χ1n) is 8.05. The average Bonchev–Trinajstić information content (AvgIpc) is 2.55. The number of rotatable bonds is 5. The van der Waals surface area contributed by atoms with Crippen molar-refractivity contribution in [3.63, 3.8) is 0 Å². The predicted octanol–water partition coefficient (Wildman–Crippen LogP) is 2.00. The highest BCUT2D eigenvalue weighted by Crippen LogP contribution is 2.33. The van der Waals surface area contributed by atoms with Crippen LogP contribution in [-0.4, -0.2) is 52.9 Å². The smallest absolute Gasteiger partial charge is 0.321 e. The average molecular weight is 384 g/mol. The fraction of sp³-hybridized carbons (Fsp3) is 0.412. The van der Waals surface area contributed by atoms with Crippen molar-refractivity contribution in [3.8, 4) is 0 Å². The molecule has 0 atom stereocenters. The van der Waals surface area contributed by atoms with Gasteiger partial charge in [-0.2, -0.15) is 8.78 Å². The van der Waals surface area contributed by atoms with Crippen molar-refractivity contribution in [3.05, 3.63) is 40.3 Å². The number of fused-ring (bicyclic) bond motifs is 1. The van der Waals surface area contributed by atoms with E-state index in [-0.39, 0.29) is 40.2 Å². The Morgan fingerprint density at radius 2 is 2.08 bits per heavy atom. The van der Waals surface area contributed by atoms with Gasteiger partial charge in [0.05, 0.1) is 5.56 Å². The number of hydrogen-bond acceptors (Lipinski definition) is 5. The first kappa shape index (κ1) is 18.4. The number of nitrogens with one attached hydrogen (secondary N) is 1. The molecule has 0 radical (unpaired) electrons. The monoisotopic (exact) mass is 383 g/mol. The fourth-order valence-electron chi connectivity index (χ4n) is 2.97. The molecule has 6 nitrogen and oxygen atoms in total. The zero-order valence-electron chi connectivity index (χ0n) is 13.9. The van der Waals surface area contributed by atoms with E-state index in [1.54, 1.807) is 11.0 Å². The molecule has 26 heavy (non-hydrogen) atoms. The summed E-state index contributed by atoms with van der Waals surface area (Å²) in [5, 5.41) is 2.02. The molecule has 1 aliphatic carbocycles. The maximum atomic E-state index is 12.8. The quantitative estimate of drug-likeness (QED) is 0.841. The molecule has 2 aliphatic rings. The van der Waals surface area contributed by atoms with Gasteiger partial charge in [-0.1, -0.05) is 11.6 Å².